The Balaban J connectivity index is 0.00000361. The molecule has 6 heteroatoms. The van der Waals surface area contributed by atoms with Gasteiger partial charge < -0.3 is 5.32 Å². The molecular formula is C14H25ClN2O2S. The van der Waals surface area contributed by atoms with Gasteiger partial charge in [-0.2, -0.15) is 0 Å². The van der Waals surface area contributed by atoms with Gasteiger partial charge in [0.25, 0.3) is 0 Å². The summed E-state index contributed by atoms with van der Waals surface area (Å²) in [7, 11) is -3.37. The normalized spacial score (nSPS) is 11.1. The molecule has 0 bridgehead atoms. The second-order valence-corrected chi connectivity index (χ2v) is 6.31. The van der Waals surface area contributed by atoms with Crippen molar-refractivity contribution in [2.45, 2.75) is 38.0 Å². The van der Waals surface area contributed by atoms with E-state index in [4.69, 9.17) is 0 Å². The maximum absolute atomic E-state index is 12.0. The Morgan fingerprint density at radius 3 is 2.15 bits per heavy atom. The van der Waals surface area contributed by atoms with Gasteiger partial charge in [-0.05, 0) is 37.1 Å². The number of sulfonamides is 1. The van der Waals surface area contributed by atoms with Crippen LogP contribution in [0.3, 0.4) is 0 Å². The van der Waals surface area contributed by atoms with Gasteiger partial charge in [0.1, 0.15) is 0 Å². The Morgan fingerprint density at radius 2 is 1.60 bits per heavy atom. The Labute approximate surface area is 128 Å². The Bertz CT molecular complexity index is 461. The zero-order chi connectivity index (χ0) is 14.1. The molecule has 0 heterocycles. The zero-order valence-electron chi connectivity index (χ0n) is 12.2. The Kier molecular flexibility index (Phi) is 9.84. The number of benzene rings is 1. The summed E-state index contributed by atoms with van der Waals surface area (Å²) in [5.74, 6) is 0. The number of hydrogen-bond donors (Lipinski definition) is 2. The second-order valence-electron chi connectivity index (χ2n) is 4.54. The third kappa shape index (κ3) is 6.70. The van der Waals surface area contributed by atoms with Crippen molar-refractivity contribution in [3.05, 3.63) is 29.8 Å². The molecule has 4 nitrogen and oxygen atoms in total. The largest absolute Gasteiger partial charge is 0.315 e. The van der Waals surface area contributed by atoms with Gasteiger partial charge in [0.05, 0.1) is 4.90 Å². The molecule has 0 fully saturated rings. The molecule has 0 aliphatic heterocycles. The first-order chi connectivity index (χ1) is 9.10. The minimum Gasteiger partial charge on any atom is -0.315 e. The highest BCUT2D eigenvalue weighted by molar-refractivity contribution is 7.89. The van der Waals surface area contributed by atoms with Crippen molar-refractivity contribution in [3.63, 3.8) is 0 Å². The van der Waals surface area contributed by atoms with Crippen LogP contribution >= 0.6 is 12.4 Å². The molecular weight excluding hydrogens is 296 g/mol. The Morgan fingerprint density at radius 1 is 0.950 bits per heavy atom. The number of halogens is 1. The lowest BCUT2D eigenvalue weighted by atomic mass is 10.1. The summed E-state index contributed by atoms with van der Waals surface area (Å²) < 4.78 is 26.6. The fourth-order valence-electron chi connectivity index (χ4n) is 1.78. The van der Waals surface area contributed by atoms with Crippen LogP contribution in [0.1, 0.15) is 32.3 Å². The average molecular weight is 321 g/mol. The fraction of sp³-hybridized carbons (Fsp3) is 0.571. The van der Waals surface area contributed by atoms with Gasteiger partial charge in [0, 0.05) is 13.1 Å². The van der Waals surface area contributed by atoms with Crippen LogP contribution in [0.5, 0.6) is 0 Å². The molecule has 0 saturated carbocycles. The summed E-state index contributed by atoms with van der Waals surface area (Å²) in [6.07, 6.45) is 3.09. The lowest BCUT2D eigenvalue weighted by Gasteiger charge is -2.08. The maximum atomic E-state index is 12.0. The van der Waals surface area contributed by atoms with Gasteiger partial charge in [-0.15, -0.1) is 12.4 Å². The van der Waals surface area contributed by atoms with Gasteiger partial charge in [-0.3, -0.25) is 0 Å². The van der Waals surface area contributed by atoms with E-state index in [1.54, 1.807) is 12.1 Å². The van der Waals surface area contributed by atoms with Gasteiger partial charge >= 0.3 is 0 Å². The highest BCUT2D eigenvalue weighted by Crippen LogP contribution is 2.11. The van der Waals surface area contributed by atoms with Crippen molar-refractivity contribution in [2.75, 3.05) is 19.6 Å². The molecule has 0 aromatic heterocycles. The summed E-state index contributed by atoms with van der Waals surface area (Å²) in [5, 5.41) is 3.16. The van der Waals surface area contributed by atoms with Gasteiger partial charge in [0.2, 0.25) is 10.0 Å². The molecule has 2 N–H and O–H groups in total. The van der Waals surface area contributed by atoms with E-state index in [9.17, 15) is 8.42 Å². The molecule has 0 unspecified atom stereocenters. The smallest absolute Gasteiger partial charge is 0.240 e. The number of hydrogen-bond acceptors (Lipinski definition) is 3. The third-order valence-electron chi connectivity index (χ3n) is 2.79. The van der Waals surface area contributed by atoms with Crippen LogP contribution in [-0.2, 0) is 16.4 Å². The molecule has 0 aliphatic carbocycles. The second kappa shape index (κ2) is 10.2. The van der Waals surface area contributed by atoms with Gasteiger partial charge in [-0.25, -0.2) is 13.1 Å². The predicted molar refractivity (Wildman–Crippen MR) is 86.0 cm³/mol. The molecule has 0 saturated heterocycles. The van der Waals surface area contributed by atoms with Crippen LogP contribution in [0.25, 0.3) is 0 Å². The van der Waals surface area contributed by atoms with Crippen molar-refractivity contribution >= 4 is 22.4 Å². The van der Waals surface area contributed by atoms with E-state index in [1.807, 2.05) is 12.1 Å². The monoisotopic (exact) mass is 320 g/mol. The van der Waals surface area contributed by atoms with E-state index in [0.717, 1.165) is 25.8 Å². The average Bonchev–Trinajstić information content (AvgIpc) is 2.39. The maximum Gasteiger partial charge on any atom is 0.240 e. The van der Waals surface area contributed by atoms with E-state index in [1.165, 1.54) is 5.56 Å². The first kappa shape index (κ1) is 19.4. The van der Waals surface area contributed by atoms with Crippen LogP contribution < -0.4 is 10.0 Å². The lowest BCUT2D eigenvalue weighted by molar-refractivity contribution is 0.575. The highest BCUT2D eigenvalue weighted by atomic mass is 35.5. The van der Waals surface area contributed by atoms with E-state index in [0.29, 0.717) is 18.0 Å². The minimum absolute atomic E-state index is 0. The van der Waals surface area contributed by atoms with E-state index >= 15 is 0 Å². The number of aryl methyl sites for hydroxylation is 1. The first-order valence-electron chi connectivity index (χ1n) is 6.89. The lowest BCUT2D eigenvalue weighted by Crippen LogP contribution is -2.32. The number of nitrogens with one attached hydrogen (secondary N) is 2. The van der Waals surface area contributed by atoms with Crippen LogP contribution in [0.15, 0.2) is 29.2 Å². The molecule has 0 amide bonds. The SMILES string of the molecule is CCCNCCNS(=O)(=O)c1ccc(CCC)cc1.Cl. The molecule has 0 radical (unpaired) electrons. The minimum atomic E-state index is -3.37. The quantitative estimate of drug-likeness (QED) is 0.687. The van der Waals surface area contributed by atoms with Gasteiger partial charge in [-0.1, -0.05) is 32.4 Å². The molecule has 0 spiro atoms. The molecule has 1 aromatic rings. The molecule has 116 valence electrons. The molecule has 0 atom stereocenters. The van der Waals surface area contributed by atoms with Crippen LogP contribution in [-0.4, -0.2) is 28.1 Å². The molecule has 1 rings (SSSR count). The predicted octanol–water partition coefficient (Wildman–Crippen LogP) is 2.34. The molecule has 1 aromatic carbocycles. The summed E-state index contributed by atoms with van der Waals surface area (Å²) in [6, 6.07) is 7.11. The fourth-order valence-corrected chi connectivity index (χ4v) is 2.81. The summed E-state index contributed by atoms with van der Waals surface area (Å²) in [6.45, 7) is 6.16. The van der Waals surface area contributed by atoms with E-state index < -0.39 is 10.0 Å². The van der Waals surface area contributed by atoms with Crippen molar-refractivity contribution in [3.8, 4) is 0 Å². The zero-order valence-corrected chi connectivity index (χ0v) is 13.8. The van der Waals surface area contributed by atoms with Crippen LogP contribution in [0, 0.1) is 0 Å². The van der Waals surface area contributed by atoms with E-state index in [2.05, 4.69) is 23.9 Å². The van der Waals surface area contributed by atoms with Crippen molar-refractivity contribution in [1.29, 1.82) is 0 Å². The third-order valence-corrected chi connectivity index (χ3v) is 4.27. The summed E-state index contributed by atoms with van der Waals surface area (Å²) in [4.78, 5) is 0.336. The number of rotatable bonds is 9. The first-order valence-corrected chi connectivity index (χ1v) is 8.37. The standard InChI is InChI=1S/C14H24N2O2S.ClH/c1-3-5-13-6-8-14(9-7-13)19(17,18)16-12-11-15-10-4-2;/h6-9,15-16H,3-5,10-12H2,1-2H3;1H. The van der Waals surface area contributed by atoms with Crippen molar-refractivity contribution < 1.29 is 8.42 Å². The van der Waals surface area contributed by atoms with Gasteiger partial charge in [0.15, 0.2) is 0 Å². The Hall–Kier alpha value is -0.620. The summed E-state index contributed by atoms with van der Waals surface area (Å²) in [5.41, 5.74) is 1.17. The van der Waals surface area contributed by atoms with Crippen LogP contribution in [0.2, 0.25) is 0 Å². The highest BCUT2D eigenvalue weighted by Gasteiger charge is 2.12. The topological polar surface area (TPSA) is 58.2 Å². The summed E-state index contributed by atoms with van der Waals surface area (Å²) >= 11 is 0. The molecule has 20 heavy (non-hydrogen) atoms. The van der Waals surface area contributed by atoms with Crippen molar-refractivity contribution in [2.24, 2.45) is 0 Å². The van der Waals surface area contributed by atoms with Crippen LogP contribution in [0.4, 0.5) is 0 Å². The van der Waals surface area contributed by atoms with E-state index in [-0.39, 0.29) is 12.4 Å². The van der Waals surface area contributed by atoms with Crippen molar-refractivity contribution in [1.82, 2.24) is 10.0 Å². The molecule has 0 aliphatic rings.